The number of carbonyl (C=O) groups excluding carboxylic acids is 1. The summed E-state index contributed by atoms with van der Waals surface area (Å²) in [6.07, 6.45) is 0. The molecule has 1 saturated carbocycles. The van der Waals surface area contributed by atoms with E-state index in [0.29, 0.717) is 5.95 Å². The van der Waals surface area contributed by atoms with Gasteiger partial charge in [0.2, 0.25) is 11.9 Å². The van der Waals surface area contributed by atoms with E-state index in [9.17, 15) is 4.79 Å². The van der Waals surface area contributed by atoms with Gasteiger partial charge in [0.15, 0.2) is 0 Å². The molecular weight excluding hydrogens is 310 g/mol. The molecule has 1 amide bonds. The van der Waals surface area contributed by atoms with Gasteiger partial charge in [-0.15, -0.1) is 13.2 Å². The smallest absolute Gasteiger partial charge is 0.230 e. The monoisotopic (exact) mass is 333 g/mol. The Morgan fingerprint density at radius 2 is 1.72 bits per heavy atom. The molecular formula is C21H23N3O. The zero-order valence-electron chi connectivity index (χ0n) is 14.6. The van der Waals surface area contributed by atoms with Crippen molar-refractivity contribution in [3.05, 3.63) is 73.3 Å². The van der Waals surface area contributed by atoms with Gasteiger partial charge in [-0.05, 0) is 23.1 Å². The molecule has 4 rings (SSSR count). The summed E-state index contributed by atoms with van der Waals surface area (Å²) < 4.78 is 0. The van der Waals surface area contributed by atoms with Crippen LogP contribution >= 0.6 is 0 Å². The van der Waals surface area contributed by atoms with Crippen molar-refractivity contribution in [1.29, 1.82) is 0 Å². The van der Waals surface area contributed by atoms with Crippen molar-refractivity contribution in [3.63, 3.8) is 0 Å². The van der Waals surface area contributed by atoms with Crippen LogP contribution in [-0.2, 0) is 4.79 Å². The highest BCUT2D eigenvalue weighted by Gasteiger charge is 2.62. The summed E-state index contributed by atoms with van der Waals surface area (Å²) in [6, 6.07) is 18.0. The molecule has 0 aliphatic heterocycles. The lowest BCUT2D eigenvalue weighted by Crippen LogP contribution is -2.17. The molecule has 0 bridgehead atoms. The SMILES string of the molecule is C=C.CC1(C)C(C(=O)Nc2nc3ccccc3[nH]2)C1c1ccccc1. The fraction of sp³-hybridized carbons (Fsp3) is 0.238. The number of H-pyrrole nitrogens is 1. The van der Waals surface area contributed by atoms with Crippen molar-refractivity contribution in [2.75, 3.05) is 5.32 Å². The third-order valence-electron chi connectivity index (χ3n) is 4.90. The van der Waals surface area contributed by atoms with Gasteiger partial charge in [-0.2, -0.15) is 0 Å². The Balaban J connectivity index is 0.000000880. The van der Waals surface area contributed by atoms with E-state index in [1.807, 2.05) is 42.5 Å². The molecule has 25 heavy (non-hydrogen) atoms. The van der Waals surface area contributed by atoms with Crippen LogP contribution in [0.15, 0.2) is 67.8 Å². The average Bonchev–Trinajstić information content (AvgIpc) is 2.99. The number of fused-ring (bicyclic) bond motifs is 1. The lowest BCUT2D eigenvalue weighted by atomic mass is 10.0. The molecule has 0 saturated heterocycles. The number of hydrogen-bond donors (Lipinski definition) is 2. The fourth-order valence-electron chi connectivity index (χ4n) is 3.62. The summed E-state index contributed by atoms with van der Waals surface area (Å²) in [5, 5.41) is 2.94. The number of anilines is 1. The van der Waals surface area contributed by atoms with Crippen molar-refractivity contribution in [2.24, 2.45) is 11.3 Å². The maximum Gasteiger partial charge on any atom is 0.230 e. The minimum atomic E-state index is -0.0303. The molecule has 128 valence electrons. The van der Waals surface area contributed by atoms with Gasteiger partial charge >= 0.3 is 0 Å². The Kier molecular flexibility index (Phi) is 4.45. The first kappa shape index (κ1) is 17.0. The standard InChI is InChI=1S/C19H19N3O.C2H4/c1-19(2)15(12-8-4-3-5-9-12)16(19)17(23)22-18-20-13-10-6-7-11-14(13)21-18;1-2/h3-11,15-16H,1-2H3,(H2,20,21,22,23);1-2H2. The Morgan fingerprint density at radius 1 is 1.08 bits per heavy atom. The van der Waals surface area contributed by atoms with Crippen LogP contribution < -0.4 is 5.32 Å². The van der Waals surface area contributed by atoms with Crippen molar-refractivity contribution in [2.45, 2.75) is 19.8 Å². The predicted molar refractivity (Wildman–Crippen MR) is 102 cm³/mol. The second-order valence-corrected chi connectivity index (χ2v) is 6.78. The Labute approximate surface area is 148 Å². The van der Waals surface area contributed by atoms with Crippen LogP contribution in [-0.4, -0.2) is 15.9 Å². The third-order valence-corrected chi connectivity index (χ3v) is 4.90. The summed E-state index contributed by atoms with van der Waals surface area (Å²) in [4.78, 5) is 20.2. The lowest BCUT2D eigenvalue weighted by molar-refractivity contribution is -0.118. The van der Waals surface area contributed by atoms with E-state index in [0.717, 1.165) is 11.0 Å². The zero-order valence-corrected chi connectivity index (χ0v) is 14.6. The van der Waals surface area contributed by atoms with Gasteiger partial charge < -0.3 is 4.98 Å². The first-order chi connectivity index (χ1) is 12.1. The van der Waals surface area contributed by atoms with E-state index in [1.54, 1.807) is 0 Å². The molecule has 1 aromatic heterocycles. The highest BCUT2D eigenvalue weighted by molar-refractivity contribution is 5.96. The molecule has 2 atom stereocenters. The van der Waals surface area contributed by atoms with Crippen LogP contribution in [0.1, 0.15) is 25.3 Å². The van der Waals surface area contributed by atoms with E-state index in [1.165, 1.54) is 5.56 Å². The van der Waals surface area contributed by atoms with Crippen LogP contribution in [0.2, 0.25) is 0 Å². The molecule has 0 radical (unpaired) electrons. The predicted octanol–water partition coefficient (Wildman–Crippen LogP) is 4.74. The molecule has 3 aromatic rings. The highest BCUT2D eigenvalue weighted by atomic mass is 16.2. The molecule has 2 N–H and O–H groups in total. The average molecular weight is 333 g/mol. The number of nitrogens with one attached hydrogen (secondary N) is 2. The molecule has 1 aliphatic carbocycles. The largest absolute Gasteiger partial charge is 0.324 e. The Bertz CT molecular complexity index is 849. The summed E-state index contributed by atoms with van der Waals surface area (Å²) in [5.74, 6) is 0.778. The van der Waals surface area contributed by atoms with E-state index in [2.05, 4.69) is 54.4 Å². The number of aromatic nitrogens is 2. The number of nitrogens with zero attached hydrogens (tertiary/aromatic N) is 1. The van der Waals surface area contributed by atoms with Gasteiger partial charge in [0.1, 0.15) is 0 Å². The maximum absolute atomic E-state index is 12.7. The molecule has 0 spiro atoms. The van der Waals surface area contributed by atoms with Crippen molar-refractivity contribution < 1.29 is 4.79 Å². The second kappa shape index (κ2) is 6.55. The molecule has 1 aliphatic rings. The lowest BCUT2D eigenvalue weighted by Gasteiger charge is -2.02. The van der Waals surface area contributed by atoms with E-state index in [-0.39, 0.29) is 23.2 Å². The first-order valence-electron chi connectivity index (χ1n) is 8.38. The number of hydrogen-bond acceptors (Lipinski definition) is 2. The van der Waals surface area contributed by atoms with E-state index >= 15 is 0 Å². The summed E-state index contributed by atoms with van der Waals surface area (Å²) >= 11 is 0. The van der Waals surface area contributed by atoms with E-state index < -0.39 is 0 Å². The van der Waals surface area contributed by atoms with Gasteiger partial charge in [-0.25, -0.2) is 4.98 Å². The van der Waals surface area contributed by atoms with Crippen LogP contribution in [0.5, 0.6) is 0 Å². The number of carbonyl (C=O) groups is 1. The molecule has 1 heterocycles. The molecule has 2 unspecified atom stereocenters. The summed E-state index contributed by atoms with van der Waals surface area (Å²) in [7, 11) is 0. The number of imidazole rings is 1. The minimum Gasteiger partial charge on any atom is -0.324 e. The summed E-state index contributed by atoms with van der Waals surface area (Å²) in [6.45, 7) is 10.3. The Morgan fingerprint density at radius 3 is 2.40 bits per heavy atom. The van der Waals surface area contributed by atoms with Gasteiger partial charge in [-0.3, -0.25) is 10.1 Å². The molecule has 4 heteroatoms. The van der Waals surface area contributed by atoms with Gasteiger partial charge in [0.25, 0.3) is 0 Å². The number of aromatic amines is 1. The normalized spacial score (nSPS) is 20.4. The van der Waals surface area contributed by atoms with Crippen molar-refractivity contribution in [3.8, 4) is 0 Å². The topological polar surface area (TPSA) is 57.8 Å². The first-order valence-corrected chi connectivity index (χ1v) is 8.38. The number of amides is 1. The van der Waals surface area contributed by atoms with Gasteiger partial charge in [-0.1, -0.05) is 56.3 Å². The number of benzene rings is 2. The number of rotatable bonds is 3. The zero-order chi connectivity index (χ0) is 18.0. The van der Waals surface area contributed by atoms with Gasteiger partial charge in [0, 0.05) is 5.92 Å². The van der Waals surface area contributed by atoms with Crippen LogP contribution in [0.3, 0.4) is 0 Å². The van der Waals surface area contributed by atoms with Crippen LogP contribution in [0.4, 0.5) is 5.95 Å². The van der Waals surface area contributed by atoms with E-state index in [4.69, 9.17) is 0 Å². The van der Waals surface area contributed by atoms with Crippen molar-refractivity contribution in [1.82, 2.24) is 9.97 Å². The van der Waals surface area contributed by atoms with Crippen molar-refractivity contribution >= 4 is 22.9 Å². The second-order valence-electron chi connectivity index (χ2n) is 6.78. The molecule has 2 aromatic carbocycles. The Hall–Kier alpha value is -2.88. The fourth-order valence-corrected chi connectivity index (χ4v) is 3.62. The molecule has 4 nitrogen and oxygen atoms in total. The third kappa shape index (κ3) is 3.07. The molecule has 1 fully saturated rings. The van der Waals surface area contributed by atoms with Crippen LogP contribution in [0.25, 0.3) is 11.0 Å². The maximum atomic E-state index is 12.7. The van der Waals surface area contributed by atoms with Crippen LogP contribution in [0, 0.1) is 11.3 Å². The minimum absolute atomic E-state index is 0.0295. The number of para-hydroxylation sites is 2. The van der Waals surface area contributed by atoms with Gasteiger partial charge in [0.05, 0.1) is 17.0 Å². The quantitative estimate of drug-likeness (QED) is 0.680. The highest BCUT2D eigenvalue weighted by Crippen LogP contribution is 2.64. The summed E-state index contributed by atoms with van der Waals surface area (Å²) in [5.41, 5.74) is 2.98.